The van der Waals surface area contributed by atoms with E-state index in [0.29, 0.717) is 12.0 Å². The minimum absolute atomic E-state index is 0.0558. The Hall–Kier alpha value is -0.900. The smallest absolute Gasteiger partial charge is 0.0596 e. The van der Waals surface area contributed by atoms with Crippen molar-refractivity contribution in [2.45, 2.75) is 45.8 Å². The molecule has 0 bridgehead atoms. The molecule has 0 amide bonds. The van der Waals surface area contributed by atoms with E-state index in [1.807, 2.05) is 0 Å². The van der Waals surface area contributed by atoms with Gasteiger partial charge in [0.1, 0.15) is 0 Å². The predicted octanol–water partition coefficient (Wildman–Crippen LogP) is 3.17. The van der Waals surface area contributed by atoms with Crippen LogP contribution in [0.2, 0.25) is 0 Å². The Morgan fingerprint density at radius 3 is 2.10 bits per heavy atom. The molecular formula is C17H30N2O. The van der Waals surface area contributed by atoms with Crippen LogP contribution < -0.4 is 5.73 Å². The van der Waals surface area contributed by atoms with E-state index in [1.165, 1.54) is 11.1 Å². The van der Waals surface area contributed by atoms with E-state index in [2.05, 4.69) is 63.9 Å². The first-order valence-electron chi connectivity index (χ1n) is 7.55. The average molecular weight is 278 g/mol. The lowest BCUT2D eigenvalue weighted by Crippen LogP contribution is -2.32. The molecule has 1 rings (SSSR count). The van der Waals surface area contributed by atoms with Crippen LogP contribution in [0, 0.1) is 0 Å². The fourth-order valence-corrected chi connectivity index (χ4v) is 2.10. The van der Waals surface area contributed by atoms with Gasteiger partial charge in [-0.2, -0.15) is 0 Å². The Morgan fingerprint density at radius 1 is 1.05 bits per heavy atom. The van der Waals surface area contributed by atoms with Crippen molar-refractivity contribution in [3.8, 4) is 0 Å². The van der Waals surface area contributed by atoms with Crippen molar-refractivity contribution in [3.63, 3.8) is 0 Å². The van der Waals surface area contributed by atoms with E-state index < -0.39 is 0 Å². The summed E-state index contributed by atoms with van der Waals surface area (Å²) in [6.45, 7) is 11.0. The van der Waals surface area contributed by atoms with Crippen molar-refractivity contribution < 1.29 is 4.74 Å². The largest absolute Gasteiger partial charge is 0.377 e. The third-order valence-electron chi connectivity index (χ3n) is 3.46. The summed E-state index contributed by atoms with van der Waals surface area (Å²) >= 11 is 0. The highest BCUT2D eigenvalue weighted by molar-refractivity contribution is 5.26. The molecule has 0 heterocycles. The molecule has 1 atom stereocenters. The summed E-state index contributed by atoms with van der Waals surface area (Å²) in [5.41, 5.74) is 8.83. The minimum atomic E-state index is 0.0558. The van der Waals surface area contributed by atoms with Gasteiger partial charge < -0.3 is 15.4 Å². The van der Waals surface area contributed by atoms with Gasteiger partial charge >= 0.3 is 0 Å². The van der Waals surface area contributed by atoms with E-state index in [-0.39, 0.29) is 6.04 Å². The molecule has 1 aromatic rings. The van der Waals surface area contributed by atoms with E-state index in [0.717, 1.165) is 19.7 Å². The summed E-state index contributed by atoms with van der Waals surface area (Å²) < 4.78 is 5.56. The molecule has 0 aromatic heterocycles. The number of hydrogen-bond donors (Lipinski definition) is 1. The van der Waals surface area contributed by atoms with Crippen LogP contribution in [0.25, 0.3) is 0 Å². The second kappa shape index (κ2) is 8.40. The Labute approximate surface area is 124 Å². The fourth-order valence-electron chi connectivity index (χ4n) is 2.10. The molecule has 0 aliphatic heterocycles. The first-order chi connectivity index (χ1) is 9.40. The van der Waals surface area contributed by atoms with E-state index in [4.69, 9.17) is 10.5 Å². The summed E-state index contributed by atoms with van der Waals surface area (Å²) in [6, 6.07) is 8.72. The molecule has 20 heavy (non-hydrogen) atoms. The monoisotopic (exact) mass is 278 g/mol. The standard InChI is InChI=1S/C17H30N2O/c1-13(2)15-6-8-16(9-7-15)17(18)12-19(5)10-11-20-14(3)4/h6-9,13-14,17H,10-12,18H2,1-5H3. The molecule has 3 heteroatoms. The van der Waals surface area contributed by atoms with Gasteiger partial charge in [0.2, 0.25) is 0 Å². The van der Waals surface area contributed by atoms with Crippen LogP contribution in [0.15, 0.2) is 24.3 Å². The highest BCUT2D eigenvalue weighted by atomic mass is 16.5. The molecule has 0 radical (unpaired) electrons. The van der Waals surface area contributed by atoms with E-state index >= 15 is 0 Å². The number of hydrogen-bond acceptors (Lipinski definition) is 3. The molecule has 0 saturated heterocycles. The maximum Gasteiger partial charge on any atom is 0.0596 e. The maximum atomic E-state index is 6.27. The summed E-state index contributed by atoms with van der Waals surface area (Å²) in [5.74, 6) is 0.566. The zero-order valence-electron chi connectivity index (χ0n) is 13.6. The van der Waals surface area contributed by atoms with Gasteiger partial charge in [-0.25, -0.2) is 0 Å². The molecule has 1 unspecified atom stereocenters. The second-order valence-corrected chi connectivity index (χ2v) is 6.11. The van der Waals surface area contributed by atoms with Gasteiger partial charge in [-0.05, 0) is 37.9 Å². The van der Waals surface area contributed by atoms with Gasteiger partial charge in [-0.3, -0.25) is 0 Å². The van der Waals surface area contributed by atoms with Gasteiger partial charge in [0, 0.05) is 19.1 Å². The lowest BCUT2D eigenvalue weighted by atomic mass is 9.99. The molecule has 0 aliphatic carbocycles. The lowest BCUT2D eigenvalue weighted by Gasteiger charge is -2.22. The third kappa shape index (κ3) is 6.04. The van der Waals surface area contributed by atoms with Gasteiger partial charge in [-0.1, -0.05) is 38.1 Å². The Kier molecular flexibility index (Phi) is 7.20. The number of nitrogens with zero attached hydrogens (tertiary/aromatic N) is 1. The molecule has 114 valence electrons. The van der Waals surface area contributed by atoms with Crippen LogP contribution in [0.3, 0.4) is 0 Å². The summed E-state index contributed by atoms with van der Waals surface area (Å²) in [4.78, 5) is 2.23. The number of benzene rings is 1. The second-order valence-electron chi connectivity index (χ2n) is 6.11. The molecule has 1 aromatic carbocycles. The van der Waals surface area contributed by atoms with Gasteiger partial charge in [0.25, 0.3) is 0 Å². The zero-order chi connectivity index (χ0) is 15.1. The first-order valence-corrected chi connectivity index (χ1v) is 7.55. The molecular weight excluding hydrogens is 248 g/mol. The van der Waals surface area contributed by atoms with Crippen molar-refractivity contribution in [2.75, 3.05) is 26.7 Å². The van der Waals surface area contributed by atoms with Crippen LogP contribution >= 0.6 is 0 Å². The van der Waals surface area contributed by atoms with Crippen LogP contribution in [-0.4, -0.2) is 37.7 Å². The van der Waals surface area contributed by atoms with Crippen molar-refractivity contribution >= 4 is 0 Å². The lowest BCUT2D eigenvalue weighted by molar-refractivity contribution is 0.0629. The van der Waals surface area contributed by atoms with Crippen LogP contribution in [0.4, 0.5) is 0 Å². The number of nitrogens with two attached hydrogens (primary N) is 1. The number of ether oxygens (including phenoxy) is 1. The molecule has 2 N–H and O–H groups in total. The SMILES string of the molecule is CC(C)OCCN(C)CC(N)c1ccc(C(C)C)cc1. The number of rotatable bonds is 8. The van der Waals surface area contributed by atoms with Crippen molar-refractivity contribution in [1.82, 2.24) is 4.90 Å². The summed E-state index contributed by atoms with van der Waals surface area (Å²) in [6.07, 6.45) is 0.292. The minimum Gasteiger partial charge on any atom is -0.377 e. The van der Waals surface area contributed by atoms with E-state index in [9.17, 15) is 0 Å². The van der Waals surface area contributed by atoms with Gasteiger partial charge in [-0.15, -0.1) is 0 Å². The summed E-state index contributed by atoms with van der Waals surface area (Å²) in [7, 11) is 2.09. The van der Waals surface area contributed by atoms with Crippen molar-refractivity contribution in [3.05, 3.63) is 35.4 Å². The Morgan fingerprint density at radius 2 is 1.60 bits per heavy atom. The fraction of sp³-hybridized carbons (Fsp3) is 0.647. The normalized spacial score (nSPS) is 13.4. The quantitative estimate of drug-likeness (QED) is 0.794. The van der Waals surface area contributed by atoms with Crippen LogP contribution in [0.1, 0.15) is 50.8 Å². The molecule has 0 fully saturated rings. The highest BCUT2D eigenvalue weighted by Crippen LogP contribution is 2.18. The molecule has 0 aliphatic rings. The van der Waals surface area contributed by atoms with Crippen LogP contribution in [0.5, 0.6) is 0 Å². The van der Waals surface area contributed by atoms with Gasteiger partial charge in [0.15, 0.2) is 0 Å². The molecule has 0 spiro atoms. The highest BCUT2D eigenvalue weighted by Gasteiger charge is 2.10. The van der Waals surface area contributed by atoms with E-state index in [1.54, 1.807) is 0 Å². The summed E-state index contributed by atoms with van der Waals surface area (Å²) in [5, 5.41) is 0. The third-order valence-corrected chi connectivity index (χ3v) is 3.46. The average Bonchev–Trinajstić information content (AvgIpc) is 2.38. The number of likely N-dealkylation sites (N-methyl/N-ethyl adjacent to an activating group) is 1. The van der Waals surface area contributed by atoms with Crippen LogP contribution in [-0.2, 0) is 4.74 Å². The molecule has 3 nitrogen and oxygen atoms in total. The van der Waals surface area contributed by atoms with Crippen molar-refractivity contribution in [1.29, 1.82) is 0 Å². The molecule has 0 saturated carbocycles. The van der Waals surface area contributed by atoms with Crippen molar-refractivity contribution in [2.24, 2.45) is 5.73 Å². The first kappa shape index (κ1) is 17.2. The van der Waals surface area contributed by atoms with Gasteiger partial charge in [0.05, 0.1) is 12.7 Å². The zero-order valence-corrected chi connectivity index (χ0v) is 13.6. The Bertz CT molecular complexity index is 373. The topological polar surface area (TPSA) is 38.5 Å². The maximum absolute atomic E-state index is 6.27. The predicted molar refractivity (Wildman–Crippen MR) is 86.0 cm³/mol. The Balaban J connectivity index is 2.43.